The number of aliphatic carboxylic acids is 1. The monoisotopic (exact) mass is 200 g/mol. The second kappa shape index (κ2) is 4.95. The van der Waals surface area contributed by atoms with Gasteiger partial charge in [0.2, 0.25) is 5.91 Å². The van der Waals surface area contributed by atoms with E-state index in [0.29, 0.717) is 0 Å². The number of carbonyl (C=O) groups is 2. The summed E-state index contributed by atoms with van der Waals surface area (Å²) in [6.07, 6.45) is 2.57. The highest BCUT2D eigenvalue weighted by molar-refractivity contribution is 5.78. The lowest BCUT2D eigenvalue weighted by Crippen LogP contribution is -2.33. The SMILES string of the molecule is N[C@@H](CCC(=O)N1CCCC1)C(=O)O. The number of carboxylic acid groups (broad SMARTS) is 1. The van der Waals surface area contributed by atoms with Crippen molar-refractivity contribution in [1.82, 2.24) is 4.90 Å². The molecule has 0 bridgehead atoms. The Morgan fingerprint density at radius 3 is 2.43 bits per heavy atom. The normalized spacial score (nSPS) is 18.2. The second-order valence-corrected chi connectivity index (χ2v) is 3.57. The van der Waals surface area contributed by atoms with Gasteiger partial charge in [-0.2, -0.15) is 0 Å². The highest BCUT2D eigenvalue weighted by Gasteiger charge is 2.19. The van der Waals surface area contributed by atoms with E-state index in [0.717, 1.165) is 25.9 Å². The Morgan fingerprint density at radius 1 is 1.36 bits per heavy atom. The molecule has 14 heavy (non-hydrogen) atoms. The number of likely N-dealkylation sites (tertiary alicyclic amines) is 1. The van der Waals surface area contributed by atoms with Gasteiger partial charge in [-0.3, -0.25) is 9.59 Å². The lowest BCUT2D eigenvalue weighted by Gasteiger charge is -2.15. The third-order valence-electron chi connectivity index (χ3n) is 2.45. The van der Waals surface area contributed by atoms with Crippen LogP contribution in [0.2, 0.25) is 0 Å². The summed E-state index contributed by atoms with van der Waals surface area (Å²) in [5.41, 5.74) is 5.29. The van der Waals surface area contributed by atoms with Gasteiger partial charge in [0.25, 0.3) is 0 Å². The van der Waals surface area contributed by atoms with Crippen LogP contribution in [0.25, 0.3) is 0 Å². The Kier molecular flexibility index (Phi) is 3.88. The Balaban J connectivity index is 2.23. The molecule has 1 saturated heterocycles. The lowest BCUT2D eigenvalue weighted by atomic mass is 10.1. The fourth-order valence-electron chi connectivity index (χ4n) is 1.53. The molecule has 1 rings (SSSR count). The minimum absolute atomic E-state index is 0.0270. The molecule has 0 aromatic rings. The molecule has 3 N–H and O–H groups in total. The van der Waals surface area contributed by atoms with E-state index in [1.165, 1.54) is 0 Å². The van der Waals surface area contributed by atoms with Gasteiger partial charge in [-0.25, -0.2) is 0 Å². The number of nitrogens with zero attached hydrogens (tertiary/aromatic N) is 1. The molecule has 0 aromatic carbocycles. The van der Waals surface area contributed by atoms with E-state index in [1.54, 1.807) is 4.90 Å². The van der Waals surface area contributed by atoms with Crippen molar-refractivity contribution in [3.8, 4) is 0 Å². The first kappa shape index (κ1) is 11.0. The highest BCUT2D eigenvalue weighted by Crippen LogP contribution is 2.10. The van der Waals surface area contributed by atoms with Crippen molar-refractivity contribution in [2.75, 3.05) is 13.1 Å². The van der Waals surface area contributed by atoms with E-state index in [9.17, 15) is 9.59 Å². The predicted molar refractivity (Wildman–Crippen MR) is 50.7 cm³/mol. The third-order valence-corrected chi connectivity index (χ3v) is 2.45. The van der Waals surface area contributed by atoms with E-state index in [4.69, 9.17) is 10.8 Å². The summed E-state index contributed by atoms with van der Waals surface area (Å²) in [5, 5.41) is 8.51. The van der Waals surface area contributed by atoms with Crippen molar-refractivity contribution in [2.45, 2.75) is 31.7 Å². The Hall–Kier alpha value is -1.10. The fourth-order valence-corrected chi connectivity index (χ4v) is 1.53. The van der Waals surface area contributed by atoms with Crippen LogP contribution < -0.4 is 5.73 Å². The Morgan fingerprint density at radius 2 is 1.93 bits per heavy atom. The molecule has 1 aliphatic heterocycles. The summed E-state index contributed by atoms with van der Waals surface area (Å²) in [6, 6.07) is -0.915. The van der Waals surface area contributed by atoms with Crippen LogP contribution in [0.15, 0.2) is 0 Å². The molecule has 0 aromatic heterocycles. The van der Waals surface area contributed by atoms with Crippen LogP contribution in [0, 0.1) is 0 Å². The van der Waals surface area contributed by atoms with Crippen molar-refractivity contribution >= 4 is 11.9 Å². The molecule has 0 aliphatic carbocycles. The van der Waals surface area contributed by atoms with Crippen LogP contribution in [0.5, 0.6) is 0 Å². The smallest absolute Gasteiger partial charge is 0.320 e. The highest BCUT2D eigenvalue weighted by atomic mass is 16.4. The summed E-state index contributed by atoms with van der Waals surface area (Å²) in [5.74, 6) is -1.02. The number of nitrogens with two attached hydrogens (primary N) is 1. The summed E-state index contributed by atoms with van der Waals surface area (Å²) in [7, 11) is 0. The second-order valence-electron chi connectivity index (χ2n) is 3.57. The number of hydrogen-bond donors (Lipinski definition) is 2. The largest absolute Gasteiger partial charge is 0.480 e. The van der Waals surface area contributed by atoms with Crippen LogP contribution in [0.4, 0.5) is 0 Å². The zero-order valence-electron chi connectivity index (χ0n) is 8.11. The summed E-state index contributed by atoms with van der Waals surface area (Å²) < 4.78 is 0. The molecule has 1 aliphatic rings. The molecule has 1 amide bonds. The molecular formula is C9H16N2O3. The van der Waals surface area contributed by atoms with Gasteiger partial charge in [0.1, 0.15) is 6.04 Å². The quantitative estimate of drug-likeness (QED) is 0.658. The molecule has 0 saturated carbocycles. The van der Waals surface area contributed by atoms with Gasteiger partial charge in [-0.15, -0.1) is 0 Å². The maximum absolute atomic E-state index is 11.4. The number of hydrogen-bond acceptors (Lipinski definition) is 3. The van der Waals surface area contributed by atoms with Crippen LogP contribution in [0.1, 0.15) is 25.7 Å². The van der Waals surface area contributed by atoms with Gasteiger partial charge in [0.15, 0.2) is 0 Å². The van der Waals surface area contributed by atoms with Gasteiger partial charge in [-0.05, 0) is 19.3 Å². The Labute approximate surface area is 82.9 Å². The van der Waals surface area contributed by atoms with Crippen molar-refractivity contribution in [2.24, 2.45) is 5.73 Å². The molecule has 80 valence electrons. The predicted octanol–water partition coefficient (Wildman–Crippen LogP) is -0.199. The zero-order chi connectivity index (χ0) is 10.6. The van der Waals surface area contributed by atoms with E-state index in [1.807, 2.05) is 0 Å². The number of rotatable bonds is 4. The van der Waals surface area contributed by atoms with Crippen LogP contribution in [-0.4, -0.2) is 41.0 Å². The fraction of sp³-hybridized carbons (Fsp3) is 0.778. The first-order chi connectivity index (χ1) is 6.61. The minimum Gasteiger partial charge on any atom is -0.480 e. The lowest BCUT2D eigenvalue weighted by molar-refractivity contribution is -0.139. The standard InChI is InChI=1S/C9H16N2O3/c10-7(9(13)14)3-4-8(12)11-5-1-2-6-11/h7H,1-6,10H2,(H,13,14)/t7-/m0/s1. The third kappa shape index (κ3) is 2.99. The van der Waals surface area contributed by atoms with Gasteiger partial charge < -0.3 is 15.7 Å². The molecule has 0 unspecified atom stereocenters. The van der Waals surface area contributed by atoms with Gasteiger partial charge in [-0.1, -0.05) is 0 Å². The van der Waals surface area contributed by atoms with Crippen molar-refractivity contribution in [1.29, 1.82) is 0 Å². The summed E-state index contributed by atoms with van der Waals surface area (Å²) >= 11 is 0. The van der Waals surface area contributed by atoms with Crippen LogP contribution in [0.3, 0.4) is 0 Å². The van der Waals surface area contributed by atoms with Gasteiger partial charge in [0, 0.05) is 19.5 Å². The maximum Gasteiger partial charge on any atom is 0.320 e. The van der Waals surface area contributed by atoms with Gasteiger partial charge >= 0.3 is 5.97 Å². The minimum atomic E-state index is -1.04. The summed E-state index contributed by atoms with van der Waals surface area (Å²) in [6.45, 7) is 1.61. The molecule has 5 nitrogen and oxygen atoms in total. The molecule has 1 fully saturated rings. The molecule has 1 heterocycles. The first-order valence-corrected chi connectivity index (χ1v) is 4.87. The topological polar surface area (TPSA) is 83.6 Å². The van der Waals surface area contributed by atoms with Crippen LogP contribution >= 0.6 is 0 Å². The van der Waals surface area contributed by atoms with Gasteiger partial charge in [0.05, 0.1) is 0 Å². The Bertz CT molecular complexity index is 224. The van der Waals surface area contributed by atoms with Crippen molar-refractivity contribution in [3.05, 3.63) is 0 Å². The molecule has 1 atom stereocenters. The van der Waals surface area contributed by atoms with Crippen molar-refractivity contribution < 1.29 is 14.7 Å². The average molecular weight is 200 g/mol. The zero-order valence-corrected chi connectivity index (χ0v) is 8.11. The average Bonchev–Trinajstić information content (AvgIpc) is 2.66. The van der Waals surface area contributed by atoms with Crippen molar-refractivity contribution in [3.63, 3.8) is 0 Å². The summed E-state index contributed by atoms with van der Waals surface area (Å²) in [4.78, 5) is 23.6. The molecular weight excluding hydrogens is 184 g/mol. The number of carboxylic acids is 1. The van der Waals surface area contributed by atoms with E-state index in [-0.39, 0.29) is 18.7 Å². The maximum atomic E-state index is 11.4. The van der Waals surface area contributed by atoms with E-state index >= 15 is 0 Å². The van der Waals surface area contributed by atoms with Crippen LogP contribution in [-0.2, 0) is 9.59 Å². The molecule has 5 heteroatoms. The van der Waals surface area contributed by atoms with E-state index < -0.39 is 12.0 Å². The number of amides is 1. The molecule has 0 spiro atoms. The molecule has 0 radical (unpaired) electrons. The number of carbonyl (C=O) groups excluding carboxylic acids is 1. The van der Waals surface area contributed by atoms with E-state index in [2.05, 4.69) is 0 Å². The first-order valence-electron chi connectivity index (χ1n) is 4.87.